The highest BCUT2D eigenvalue weighted by atomic mass is 16.5. The lowest BCUT2D eigenvalue weighted by atomic mass is 10.2. The molecule has 0 saturated carbocycles. The molecule has 1 N–H and O–H groups in total. The summed E-state index contributed by atoms with van der Waals surface area (Å²) in [5.41, 5.74) is 1.71. The zero-order valence-electron chi connectivity index (χ0n) is 8.32. The minimum Gasteiger partial charge on any atom is -0.362 e. The molecule has 1 aliphatic heterocycles. The van der Waals surface area contributed by atoms with Crippen LogP contribution in [0.4, 0.5) is 0 Å². The van der Waals surface area contributed by atoms with E-state index in [9.17, 15) is 9.59 Å². The third-order valence-electron chi connectivity index (χ3n) is 2.32. The Labute approximate surface area is 86.2 Å². The van der Waals surface area contributed by atoms with Gasteiger partial charge in [-0.3, -0.25) is 19.6 Å². The number of morpholine rings is 1. The Balaban J connectivity index is 2.13. The largest absolute Gasteiger partial charge is 0.362 e. The van der Waals surface area contributed by atoms with Crippen LogP contribution in [0.3, 0.4) is 0 Å². The smallest absolute Gasteiger partial charge is 0.255 e. The quantitative estimate of drug-likeness (QED) is 0.673. The first-order valence-corrected chi connectivity index (χ1v) is 4.58. The number of carbonyl (C=O) groups excluding carboxylic acids is 2. The van der Waals surface area contributed by atoms with Crippen molar-refractivity contribution in [1.82, 2.24) is 15.1 Å². The Morgan fingerprint density at radius 1 is 1.47 bits per heavy atom. The number of nitrogens with zero attached hydrogens (tertiary/aromatic N) is 2. The van der Waals surface area contributed by atoms with E-state index in [1.165, 1.54) is 4.90 Å². The Hall–Kier alpha value is -1.69. The van der Waals surface area contributed by atoms with Crippen molar-refractivity contribution >= 4 is 11.8 Å². The van der Waals surface area contributed by atoms with Crippen LogP contribution < -0.4 is 0 Å². The van der Waals surface area contributed by atoms with Crippen LogP contribution in [0.5, 0.6) is 0 Å². The van der Waals surface area contributed by atoms with Crippen molar-refractivity contribution in [2.45, 2.75) is 13.5 Å². The fraction of sp³-hybridized carbons (Fsp3) is 0.444. The molecule has 0 aliphatic carbocycles. The lowest BCUT2D eigenvalue weighted by Crippen LogP contribution is -2.45. The minimum absolute atomic E-state index is 0.0252. The molecule has 2 heterocycles. The number of aryl methyl sites for hydroxylation is 1. The van der Waals surface area contributed by atoms with E-state index < -0.39 is 0 Å². The number of aromatic amines is 1. The first kappa shape index (κ1) is 9.85. The Kier molecular flexibility index (Phi) is 2.51. The maximum absolute atomic E-state index is 11.4. The van der Waals surface area contributed by atoms with Crippen molar-refractivity contribution in [1.29, 1.82) is 0 Å². The maximum Gasteiger partial charge on any atom is 0.255 e. The number of ether oxygens (including phenoxy) is 1. The number of imide groups is 1. The van der Waals surface area contributed by atoms with Crippen molar-refractivity contribution in [2.24, 2.45) is 0 Å². The lowest BCUT2D eigenvalue weighted by Gasteiger charge is -2.24. The highest BCUT2D eigenvalue weighted by Gasteiger charge is 2.27. The van der Waals surface area contributed by atoms with Gasteiger partial charge in [0.05, 0.1) is 12.7 Å². The third-order valence-corrected chi connectivity index (χ3v) is 2.32. The van der Waals surface area contributed by atoms with Crippen LogP contribution >= 0.6 is 0 Å². The van der Waals surface area contributed by atoms with Gasteiger partial charge in [-0.15, -0.1) is 0 Å². The second-order valence-electron chi connectivity index (χ2n) is 3.39. The highest BCUT2D eigenvalue weighted by Crippen LogP contribution is 2.10. The average Bonchev–Trinajstić information content (AvgIpc) is 2.58. The molecule has 1 aliphatic rings. The van der Waals surface area contributed by atoms with Crippen LogP contribution in [0.15, 0.2) is 6.20 Å². The molecule has 1 fully saturated rings. The molecule has 0 spiro atoms. The monoisotopic (exact) mass is 209 g/mol. The molecule has 1 aromatic heterocycles. The van der Waals surface area contributed by atoms with Crippen LogP contribution in [0.1, 0.15) is 11.3 Å². The highest BCUT2D eigenvalue weighted by molar-refractivity contribution is 5.98. The number of hydrogen-bond donors (Lipinski definition) is 1. The second-order valence-corrected chi connectivity index (χ2v) is 3.39. The van der Waals surface area contributed by atoms with Gasteiger partial charge in [-0.05, 0) is 6.92 Å². The molecule has 80 valence electrons. The standard InChI is InChI=1S/C9H11N3O3/c1-6-7(2-10-11-6)3-12-8(13)4-15-5-9(12)14/h2H,3-5H2,1H3,(H,10,11). The van der Waals surface area contributed by atoms with Gasteiger partial charge in [0, 0.05) is 11.3 Å². The predicted molar refractivity (Wildman–Crippen MR) is 49.7 cm³/mol. The average molecular weight is 209 g/mol. The third kappa shape index (κ3) is 1.89. The van der Waals surface area contributed by atoms with Crippen LogP contribution in [0.2, 0.25) is 0 Å². The molecule has 0 aromatic carbocycles. The van der Waals surface area contributed by atoms with Gasteiger partial charge >= 0.3 is 0 Å². The molecule has 2 rings (SSSR count). The van der Waals surface area contributed by atoms with Gasteiger partial charge in [-0.2, -0.15) is 5.10 Å². The summed E-state index contributed by atoms with van der Waals surface area (Å²) >= 11 is 0. The number of hydrogen-bond acceptors (Lipinski definition) is 4. The summed E-state index contributed by atoms with van der Waals surface area (Å²) in [7, 11) is 0. The fourth-order valence-corrected chi connectivity index (χ4v) is 1.40. The molecule has 0 unspecified atom stereocenters. The number of amides is 2. The lowest BCUT2D eigenvalue weighted by molar-refractivity contribution is -0.159. The van der Waals surface area contributed by atoms with Gasteiger partial charge < -0.3 is 4.74 Å². The summed E-state index contributed by atoms with van der Waals surface area (Å²) in [4.78, 5) is 24.0. The Morgan fingerprint density at radius 2 is 2.13 bits per heavy atom. The van der Waals surface area contributed by atoms with Gasteiger partial charge in [0.25, 0.3) is 11.8 Å². The molecule has 1 saturated heterocycles. The molecule has 6 nitrogen and oxygen atoms in total. The van der Waals surface area contributed by atoms with E-state index >= 15 is 0 Å². The van der Waals surface area contributed by atoms with Crippen molar-refractivity contribution < 1.29 is 14.3 Å². The molecule has 6 heteroatoms. The zero-order chi connectivity index (χ0) is 10.8. The zero-order valence-corrected chi connectivity index (χ0v) is 8.32. The van der Waals surface area contributed by atoms with Gasteiger partial charge in [-0.1, -0.05) is 0 Å². The van der Waals surface area contributed by atoms with Gasteiger partial charge in [0.2, 0.25) is 0 Å². The van der Waals surface area contributed by atoms with E-state index in [0.29, 0.717) is 0 Å². The summed E-state index contributed by atoms with van der Waals surface area (Å²) in [6.45, 7) is 2.06. The second kappa shape index (κ2) is 3.82. The van der Waals surface area contributed by atoms with Gasteiger partial charge in [0.1, 0.15) is 13.2 Å². The van der Waals surface area contributed by atoms with Crippen LogP contribution in [0, 0.1) is 6.92 Å². The topological polar surface area (TPSA) is 75.3 Å². The van der Waals surface area contributed by atoms with E-state index in [0.717, 1.165) is 11.3 Å². The number of aromatic nitrogens is 2. The molecule has 15 heavy (non-hydrogen) atoms. The number of carbonyl (C=O) groups is 2. The Bertz CT molecular complexity index is 383. The van der Waals surface area contributed by atoms with E-state index in [2.05, 4.69) is 10.2 Å². The predicted octanol–water partition coefficient (Wildman–Crippen LogP) is -0.396. The van der Waals surface area contributed by atoms with Crippen molar-refractivity contribution in [2.75, 3.05) is 13.2 Å². The molecule has 0 bridgehead atoms. The molecule has 1 aromatic rings. The summed E-state index contributed by atoms with van der Waals surface area (Å²) in [5, 5.41) is 6.59. The first-order valence-electron chi connectivity index (χ1n) is 4.58. The van der Waals surface area contributed by atoms with Gasteiger partial charge in [-0.25, -0.2) is 0 Å². The molecular formula is C9H11N3O3. The van der Waals surface area contributed by atoms with E-state index in [1.807, 2.05) is 6.92 Å². The summed E-state index contributed by atoms with van der Waals surface area (Å²) in [6.07, 6.45) is 1.62. The number of rotatable bonds is 2. The normalized spacial score (nSPS) is 17.3. The van der Waals surface area contributed by atoms with Crippen molar-refractivity contribution in [3.63, 3.8) is 0 Å². The SMILES string of the molecule is Cc1[nH]ncc1CN1C(=O)COCC1=O. The number of H-pyrrole nitrogens is 1. The summed E-state index contributed by atoms with van der Waals surface area (Å²) in [5.74, 6) is -0.598. The number of nitrogens with one attached hydrogen (secondary N) is 1. The summed E-state index contributed by atoms with van der Waals surface area (Å²) < 4.78 is 4.81. The maximum atomic E-state index is 11.4. The Morgan fingerprint density at radius 3 is 2.67 bits per heavy atom. The van der Waals surface area contributed by atoms with Crippen molar-refractivity contribution in [3.8, 4) is 0 Å². The molecule has 2 amide bonds. The minimum atomic E-state index is -0.299. The molecular weight excluding hydrogens is 198 g/mol. The van der Waals surface area contributed by atoms with E-state index in [4.69, 9.17) is 4.74 Å². The summed E-state index contributed by atoms with van der Waals surface area (Å²) in [6, 6.07) is 0. The van der Waals surface area contributed by atoms with E-state index in [-0.39, 0.29) is 31.6 Å². The van der Waals surface area contributed by atoms with Crippen LogP contribution in [-0.2, 0) is 20.9 Å². The van der Waals surface area contributed by atoms with Crippen LogP contribution in [-0.4, -0.2) is 40.1 Å². The van der Waals surface area contributed by atoms with Crippen molar-refractivity contribution in [3.05, 3.63) is 17.5 Å². The molecule has 0 atom stereocenters. The fourth-order valence-electron chi connectivity index (χ4n) is 1.40. The van der Waals surface area contributed by atoms with E-state index in [1.54, 1.807) is 6.20 Å². The van der Waals surface area contributed by atoms with Crippen LogP contribution in [0.25, 0.3) is 0 Å². The van der Waals surface area contributed by atoms with Gasteiger partial charge in [0.15, 0.2) is 0 Å². The molecule has 0 radical (unpaired) electrons. The first-order chi connectivity index (χ1) is 7.18.